The summed E-state index contributed by atoms with van der Waals surface area (Å²) in [7, 11) is 4.32. The Morgan fingerprint density at radius 3 is 1.65 bits per heavy atom. The number of likely N-dealkylation sites (N-methyl/N-ethyl adjacent to an activating group) is 1. The number of hydrogen-bond donors (Lipinski definition) is 10. The fraction of sp³-hybridized carbons (Fsp3) is 0.375. The Balaban J connectivity index is 0.000000291. The van der Waals surface area contributed by atoms with Gasteiger partial charge in [-0.3, -0.25) is 33.8 Å². The molecule has 79 heavy (non-hydrogen) atoms. The number of amides is 4. The van der Waals surface area contributed by atoms with E-state index in [-0.39, 0.29) is 97.3 Å². The van der Waals surface area contributed by atoms with Gasteiger partial charge in [0.15, 0.2) is 11.1 Å². The first-order valence-electron chi connectivity index (χ1n) is 23.9. The summed E-state index contributed by atoms with van der Waals surface area (Å²) in [6.45, 7) is 7.47. The van der Waals surface area contributed by atoms with Crippen LogP contribution in [0.15, 0.2) is 53.8 Å². The fourth-order valence-corrected chi connectivity index (χ4v) is 8.54. The third kappa shape index (κ3) is 19.5. The number of nitrogens with one attached hydrogen (secondary N) is 6. The quantitative estimate of drug-likeness (QED) is 0.0341. The Morgan fingerprint density at radius 2 is 1.25 bits per heavy atom. The SMILES string of the molecule is CB(O)N1CCN(C)C1=S.CCOC(=O)CC(NC(=O)CNC(=O)c1cnc(OC)c(N)c1)c1cc(Cl)cc(Cl)c1O.CCOC(=O)CC(NC(=O)CNC(=O)c1cnc(OC)c(NC2=NCCN2)c1)c1cc(Cl)cc(Cl)c1O. The molecular weight excluding hydrogens is 1140 g/mol. The monoisotopic (exact) mass is 1190 g/mol. The van der Waals surface area contributed by atoms with Crippen molar-refractivity contribution >= 4 is 124 Å². The molecule has 426 valence electrons. The number of aliphatic imine (C=N–C) groups is 1. The highest BCUT2D eigenvalue weighted by Crippen LogP contribution is 2.37. The number of halogens is 4. The van der Waals surface area contributed by atoms with Crippen LogP contribution in [-0.4, -0.2) is 162 Å². The highest BCUT2D eigenvalue weighted by Gasteiger charge is 2.28. The van der Waals surface area contributed by atoms with Gasteiger partial charge in [-0.2, -0.15) is 0 Å². The topological polar surface area (TPSA) is 343 Å². The van der Waals surface area contributed by atoms with E-state index in [1.54, 1.807) is 25.5 Å². The van der Waals surface area contributed by atoms with E-state index in [9.17, 15) is 39.0 Å². The van der Waals surface area contributed by atoms with E-state index < -0.39 is 67.8 Å². The lowest BCUT2D eigenvalue weighted by molar-refractivity contribution is -0.145. The van der Waals surface area contributed by atoms with Gasteiger partial charge in [0, 0.05) is 60.2 Å². The summed E-state index contributed by atoms with van der Waals surface area (Å²) in [5.74, 6) is -3.41. The molecule has 11 N–H and O–H groups in total. The van der Waals surface area contributed by atoms with Gasteiger partial charge < -0.3 is 81.5 Å². The van der Waals surface area contributed by atoms with Crippen molar-refractivity contribution in [2.24, 2.45) is 4.99 Å². The molecule has 31 heteroatoms. The van der Waals surface area contributed by atoms with Crippen LogP contribution < -0.4 is 47.1 Å². The van der Waals surface area contributed by atoms with Gasteiger partial charge >= 0.3 is 19.0 Å². The van der Waals surface area contributed by atoms with E-state index in [0.717, 1.165) is 18.2 Å². The first-order chi connectivity index (χ1) is 37.5. The van der Waals surface area contributed by atoms with Gasteiger partial charge in [0.2, 0.25) is 23.6 Å². The van der Waals surface area contributed by atoms with Crippen LogP contribution in [0.5, 0.6) is 23.3 Å². The molecular formula is C48H59BCl4N12O13S. The summed E-state index contributed by atoms with van der Waals surface area (Å²) in [5, 5.41) is 47.0. The van der Waals surface area contributed by atoms with Crippen LogP contribution in [0.4, 0.5) is 11.4 Å². The number of hydrogen-bond acceptors (Lipinski definition) is 20. The maximum absolute atomic E-state index is 12.7. The first-order valence-corrected chi connectivity index (χ1v) is 25.8. The number of methoxy groups -OCH3 is 2. The zero-order valence-electron chi connectivity index (χ0n) is 43.6. The molecule has 0 bridgehead atoms. The number of nitrogens with zero attached hydrogens (tertiary/aromatic N) is 5. The van der Waals surface area contributed by atoms with Crippen molar-refractivity contribution in [1.82, 2.24) is 46.3 Å². The third-order valence-corrected chi connectivity index (χ3v) is 12.5. The Labute approximate surface area is 480 Å². The zero-order valence-corrected chi connectivity index (χ0v) is 47.4. The molecule has 4 heterocycles. The number of ether oxygens (including phenoxy) is 4. The molecule has 0 spiro atoms. The van der Waals surface area contributed by atoms with Crippen LogP contribution in [0.1, 0.15) is 70.6 Å². The van der Waals surface area contributed by atoms with Gasteiger partial charge in [-0.05, 0) is 69.3 Å². The average molecular weight is 1200 g/mol. The average Bonchev–Trinajstić information content (AvgIpc) is 4.05. The molecule has 2 aliphatic heterocycles. The highest BCUT2D eigenvalue weighted by atomic mass is 35.5. The van der Waals surface area contributed by atoms with Gasteiger partial charge in [-0.1, -0.05) is 46.4 Å². The number of pyridine rings is 2. The number of anilines is 2. The molecule has 0 aliphatic carbocycles. The number of thiocarbonyl (C=S) groups is 1. The molecule has 1 saturated heterocycles. The van der Waals surface area contributed by atoms with Gasteiger partial charge in [-0.25, -0.2) is 9.97 Å². The number of aromatic hydroxyl groups is 2. The lowest BCUT2D eigenvalue weighted by Crippen LogP contribution is -2.39. The Kier molecular flexibility index (Phi) is 25.5. The van der Waals surface area contributed by atoms with Crippen LogP contribution in [0.2, 0.25) is 26.9 Å². The molecule has 6 rings (SSSR count). The van der Waals surface area contributed by atoms with Crippen LogP contribution in [0.25, 0.3) is 0 Å². The van der Waals surface area contributed by atoms with E-state index in [1.165, 1.54) is 63.0 Å². The Hall–Kier alpha value is -7.30. The smallest absolute Gasteiger partial charge is 0.411 e. The number of carbonyl (C=O) groups is 6. The molecule has 4 aromatic rings. The van der Waals surface area contributed by atoms with Crippen molar-refractivity contribution in [3.63, 3.8) is 0 Å². The number of aromatic nitrogens is 2. The second-order valence-corrected chi connectivity index (χ2v) is 18.7. The second kappa shape index (κ2) is 31.3. The standard InChI is InChI=1S/C23H26Cl2N6O6.C20H22Cl2N4O6.C5H11BN2OS/c1-3-37-19(33)9-16(14-7-13(24)8-15(25)20(14)34)30-18(32)11-28-21(35)12-6-17(22(36-2)29-10-12)31-23-26-4-5-27-23;1-3-32-17(28)7-15(12-5-11(21)6-13(22)18(12)29)26-16(27)9-24-19(30)10-4-14(23)20(31-2)25-8-10;1-6(9)8-4-3-7(2)5(8)10/h6-8,10,16,34H,3-5,9,11H2,1-2H3,(H,28,35)(H,30,32)(H2,26,27,31);4-6,8,15,29H,3,7,9,23H2,1-2H3,(H,24,30)(H,26,27);9H,3-4H2,1-2H3. The molecule has 4 amide bonds. The molecule has 0 radical (unpaired) electrons. The van der Waals surface area contributed by atoms with Crippen molar-refractivity contribution in [3.8, 4) is 23.3 Å². The minimum absolute atomic E-state index is 0.0471. The number of guanidine groups is 1. The number of phenolic OH excluding ortho intramolecular Hbond substituents is 2. The van der Waals surface area contributed by atoms with Crippen LogP contribution in [0.3, 0.4) is 0 Å². The predicted molar refractivity (Wildman–Crippen MR) is 301 cm³/mol. The van der Waals surface area contributed by atoms with E-state index in [4.69, 9.17) is 88.3 Å². The predicted octanol–water partition coefficient (Wildman–Crippen LogP) is 3.87. The van der Waals surface area contributed by atoms with Crippen molar-refractivity contribution in [3.05, 3.63) is 91.1 Å². The zero-order chi connectivity index (χ0) is 58.5. The largest absolute Gasteiger partial charge is 0.506 e. The van der Waals surface area contributed by atoms with E-state index in [2.05, 4.69) is 46.9 Å². The Morgan fingerprint density at radius 1 is 0.772 bits per heavy atom. The maximum atomic E-state index is 12.7. The summed E-state index contributed by atoms with van der Waals surface area (Å²) in [6, 6.07) is 6.24. The van der Waals surface area contributed by atoms with Crippen molar-refractivity contribution in [2.45, 2.75) is 45.6 Å². The summed E-state index contributed by atoms with van der Waals surface area (Å²) >= 11 is 29.0. The number of nitrogens with two attached hydrogens (primary N) is 1. The molecule has 25 nitrogen and oxygen atoms in total. The number of rotatable bonds is 20. The fourth-order valence-electron chi connectivity index (χ4n) is 7.19. The van der Waals surface area contributed by atoms with E-state index in [1.807, 2.05) is 11.9 Å². The summed E-state index contributed by atoms with van der Waals surface area (Å²) in [6.07, 6.45) is 1.96. The van der Waals surface area contributed by atoms with Gasteiger partial charge in [0.1, 0.15) is 17.2 Å². The van der Waals surface area contributed by atoms with Crippen molar-refractivity contribution in [2.75, 3.05) is 84.8 Å². The minimum atomic E-state index is -1.02. The lowest BCUT2D eigenvalue weighted by Gasteiger charge is -2.20. The first kappa shape index (κ1) is 64.2. The molecule has 2 aliphatic rings. The van der Waals surface area contributed by atoms with Crippen LogP contribution >= 0.6 is 58.6 Å². The number of phenols is 2. The van der Waals surface area contributed by atoms with E-state index in [0.29, 0.717) is 24.7 Å². The van der Waals surface area contributed by atoms with Crippen LogP contribution in [0, 0.1) is 0 Å². The van der Waals surface area contributed by atoms with Gasteiger partial charge in [0.25, 0.3) is 11.8 Å². The highest BCUT2D eigenvalue weighted by molar-refractivity contribution is 7.80. The number of carbonyl (C=O) groups excluding carboxylic acids is 6. The second-order valence-electron chi connectivity index (χ2n) is 16.7. The molecule has 1 fully saturated rings. The van der Waals surface area contributed by atoms with Gasteiger partial charge in [-0.15, -0.1) is 0 Å². The molecule has 2 aromatic heterocycles. The lowest BCUT2D eigenvalue weighted by atomic mass is 9.86. The van der Waals surface area contributed by atoms with Gasteiger partial charge in [0.05, 0.1) is 98.9 Å². The minimum Gasteiger partial charge on any atom is -0.506 e. The molecule has 0 saturated carbocycles. The van der Waals surface area contributed by atoms with E-state index >= 15 is 0 Å². The maximum Gasteiger partial charge on any atom is 0.411 e. The molecule has 2 aromatic carbocycles. The van der Waals surface area contributed by atoms with Crippen molar-refractivity contribution < 1.29 is 63.0 Å². The Bertz CT molecular complexity index is 2900. The van der Waals surface area contributed by atoms with Crippen molar-refractivity contribution in [1.29, 1.82) is 0 Å². The molecule has 2 unspecified atom stereocenters. The van der Waals surface area contributed by atoms with Crippen LogP contribution in [-0.2, 0) is 28.7 Å². The number of benzene rings is 2. The number of esters is 2. The summed E-state index contributed by atoms with van der Waals surface area (Å²) in [4.78, 5) is 90.3. The normalized spacial score (nSPS) is 13.1. The summed E-state index contributed by atoms with van der Waals surface area (Å²) < 4.78 is 20.0. The summed E-state index contributed by atoms with van der Waals surface area (Å²) in [5.41, 5.74) is 6.84. The number of nitrogen functional groups attached to an aromatic ring is 1. The third-order valence-electron chi connectivity index (χ3n) is 11.0. The molecule has 2 atom stereocenters.